The van der Waals surface area contributed by atoms with Crippen molar-refractivity contribution in [3.63, 3.8) is 0 Å². The van der Waals surface area contributed by atoms with Gasteiger partial charge in [0.15, 0.2) is 0 Å². The van der Waals surface area contributed by atoms with Gasteiger partial charge >= 0.3 is 88.7 Å². The van der Waals surface area contributed by atoms with Gasteiger partial charge in [-0.2, -0.15) is 7.82 Å². The molecule has 144 valence electrons. The van der Waals surface area contributed by atoms with Crippen LogP contribution in [0.4, 0.5) is 0 Å². The number of hydrogen-bond donors (Lipinski definition) is 0. The van der Waals surface area contributed by atoms with Crippen LogP contribution in [0.15, 0.2) is 0 Å². The summed E-state index contributed by atoms with van der Waals surface area (Å²) in [6.45, 7) is 0. The average Bonchev–Trinajstić information content (AvgIpc) is 0.722. The van der Waals surface area contributed by atoms with Crippen LogP contribution in [0, 0.1) is 0 Å². The third-order valence-corrected chi connectivity index (χ3v) is 0. The molecule has 0 rings (SSSR count). The van der Waals surface area contributed by atoms with E-state index in [1.165, 1.54) is 0 Å². The fourth-order valence-corrected chi connectivity index (χ4v) is 0. The summed E-state index contributed by atoms with van der Waals surface area (Å²) >= 11 is 0. The predicted molar refractivity (Wildman–Crippen MR) is 58.2 cm³/mol. The van der Waals surface area contributed by atoms with Gasteiger partial charge in [-0.25, -0.2) is 0 Å². The van der Waals surface area contributed by atoms with Crippen molar-refractivity contribution >= 4 is 7.82 Å². The number of rotatable bonds is 0. The molecular formula is H28Na3O18P. The molecule has 0 aromatic rings. The Hall–Kier alpha value is 2.55. The van der Waals surface area contributed by atoms with Crippen molar-refractivity contribution in [3.8, 4) is 0 Å². The van der Waals surface area contributed by atoms with Gasteiger partial charge in [-0.3, -0.25) is 0 Å². The Morgan fingerprint density at radius 1 is 0.364 bits per heavy atom. The molecule has 0 amide bonds. The van der Waals surface area contributed by atoms with E-state index in [1.54, 1.807) is 0 Å². The van der Waals surface area contributed by atoms with E-state index < -0.39 is 7.82 Å². The first kappa shape index (κ1) is 317. The summed E-state index contributed by atoms with van der Waals surface area (Å²) in [7, 11) is -5.39. The van der Waals surface area contributed by atoms with E-state index in [0.717, 1.165) is 0 Å². The Labute approximate surface area is 190 Å². The minimum atomic E-state index is -5.39. The first-order chi connectivity index (χ1) is 2.00. The van der Waals surface area contributed by atoms with Crippen LogP contribution in [-0.4, -0.2) is 76.7 Å². The molecule has 0 aliphatic carbocycles. The van der Waals surface area contributed by atoms with E-state index >= 15 is 0 Å². The molecule has 0 bridgehead atoms. The summed E-state index contributed by atoms with van der Waals surface area (Å²) in [6.07, 6.45) is 0. The van der Waals surface area contributed by atoms with Crippen molar-refractivity contribution in [3.05, 3.63) is 0 Å². The van der Waals surface area contributed by atoms with Crippen LogP contribution < -0.4 is 103 Å². The van der Waals surface area contributed by atoms with Gasteiger partial charge in [-0.1, -0.05) is 0 Å². The molecule has 0 saturated carbocycles. The smallest absolute Gasteiger partial charge is 0.822 e. The Morgan fingerprint density at radius 2 is 0.364 bits per heavy atom. The Kier molecular flexibility index (Phi) is 2360. The normalized spacial score (nSPS) is 2.68. The molecule has 0 aromatic heterocycles. The number of phosphoric acid groups is 1. The molecule has 0 aliphatic heterocycles. The van der Waals surface area contributed by atoms with Crippen LogP contribution in [0.5, 0.6) is 0 Å². The van der Waals surface area contributed by atoms with Crippen molar-refractivity contribution in [1.29, 1.82) is 0 Å². The van der Waals surface area contributed by atoms with Crippen molar-refractivity contribution in [2.45, 2.75) is 0 Å². The Bertz CT molecular complexity index is 64.5. The zero-order valence-corrected chi connectivity index (χ0v) is 19.0. The molecule has 0 aliphatic rings. The summed E-state index contributed by atoms with van der Waals surface area (Å²) in [5, 5.41) is 0. The zero-order chi connectivity index (χ0) is 4.50. The van der Waals surface area contributed by atoms with Gasteiger partial charge in [0.25, 0.3) is 0 Å². The van der Waals surface area contributed by atoms with E-state index in [0.29, 0.717) is 0 Å². The van der Waals surface area contributed by atoms with E-state index in [9.17, 15) is 0 Å². The maximum Gasteiger partial charge on any atom is 1.00 e. The van der Waals surface area contributed by atoms with Gasteiger partial charge in [0.1, 0.15) is 0 Å². The fraction of sp³-hybridized carbons (Fsp3) is 0. The van der Waals surface area contributed by atoms with E-state index in [4.69, 9.17) is 19.2 Å². The third-order valence-electron chi connectivity index (χ3n) is 0. The van der Waals surface area contributed by atoms with Gasteiger partial charge in [0, 0.05) is 0 Å². The van der Waals surface area contributed by atoms with Gasteiger partial charge < -0.3 is 95.9 Å². The first-order valence-electron chi connectivity index (χ1n) is 0.730. The summed E-state index contributed by atoms with van der Waals surface area (Å²) in [5.74, 6) is 0. The predicted octanol–water partition coefficient (Wildman–Crippen LogP) is -23.4. The van der Waals surface area contributed by atoms with E-state index in [-0.39, 0.29) is 165 Å². The van der Waals surface area contributed by atoms with Gasteiger partial charge in [0.05, 0.1) is 0 Å². The summed E-state index contributed by atoms with van der Waals surface area (Å²) in [4.78, 5) is 25.6. The molecule has 28 N–H and O–H groups in total. The molecule has 18 nitrogen and oxygen atoms in total. The quantitative estimate of drug-likeness (QED) is 0.274. The molecule has 0 unspecified atom stereocenters. The fourth-order valence-electron chi connectivity index (χ4n) is 0. The van der Waals surface area contributed by atoms with Crippen LogP contribution in [0.3, 0.4) is 0 Å². The third kappa shape index (κ3) is 1610. The zero-order valence-electron chi connectivity index (χ0n) is 12.1. The topological polar surface area (TPSA) is 527 Å². The van der Waals surface area contributed by atoms with Crippen molar-refractivity contribution < 1.29 is 185 Å². The van der Waals surface area contributed by atoms with Crippen LogP contribution in [0.25, 0.3) is 0 Å². The molecule has 0 atom stereocenters. The number of hydrogen-bond acceptors (Lipinski definition) is 4. The molecule has 22 heteroatoms. The minimum Gasteiger partial charge on any atom is -0.822 e. The van der Waals surface area contributed by atoms with Gasteiger partial charge in [-0.05, 0) is 0 Å². The molecule has 0 fully saturated rings. The molecule has 0 radical (unpaired) electrons. The van der Waals surface area contributed by atoms with E-state index in [1.807, 2.05) is 0 Å². The minimum absolute atomic E-state index is 0. The van der Waals surface area contributed by atoms with Crippen LogP contribution >= 0.6 is 7.82 Å². The standard InChI is InChI=1S/3Na.H3O4P.14H2O/c;;;1-5(2,3)4;;;;;;;;;;;;;;/h;;;(H3,1,2,3,4);14*1H2/q3*+1;;;;;;;;;;;;;;;/p-3. The maximum atomic E-state index is 8.55. The van der Waals surface area contributed by atoms with Crippen LogP contribution in [0.1, 0.15) is 0 Å². The first-order valence-corrected chi connectivity index (χ1v) is 2.19. The summed E-state index contributed by atoms with van der Waals surface area (Å²) in [5.41, 5.74) is 0. The van der Waals surface area contributed by atoms with Crippen LogP contribution in [0.2, 0.25) is 0 Å². The second kappa shape index (κ2) is 164. The second-order valence-corrected chi connectivity index (χ2v) is 1.34. The molecule has 0 spiro atoms. The maximum absolute atomic E-state index is 8.55. The monoisotopic (exact) mass is 416 g/mol. The van der Waals surface area contributed by atoms with Crippen molar-refractivity contribution in [2.24, 2.45) is 0 Å². The molecule has 0 saturated heterocycles. The Balaban J connectivity index is -0.000000000588. The largest absolute Gasteiger partial charge is 1.00 e. The molecule has 0 aromatic carbocycles. The molecule has 22 heavy (non-hydrogen) atoms. The van der Waals surface area contributed by atoms with Crippen molar-refractivity contribution in [2.75, 3.05) is 0 Å². The average molecular weight is 416 g/mol. The van der Waals surface area contributed by atoms with Crippen molar-refractivity contribution in [1.82, 2.24) is 0 Å². The summed E-state index contributed by atoms with van der Waals surface area (Å²) in [6, 6.07) is 0. The second-order valence-electron chi connectivity index (χ2n) is 0.447. The van der Waals surface area contributed by atoms with Crippen LogP contribution in [-0.2, 0) is 4.57 Å². The summed E-state index contributed by atoms with van der Waals surface area (Å²) < 4.78 is 8.55. The Morgan fingerprint density at radius 3 is 0.364 bits per heavy atom. The van der Waals surface area contributed by atoms with Gasteiger partial charge in [-0.15, -0.1) is 0 Å². The molecular weight excluding hydrogens is 388 g/mol. The SMILES string of the molecule is O.O.O.O.O.O.O.O.O.O.O.O.O.O.O=P([O-])([O-])[O-].[Na+].[Na+].[Na+]. The molecule has 0 heterocycles. The van der Waals surface area contributed by atoms with E-state index in [2.05, 4.69) is 0 Å². The van der Waals surface area contributed by atoms with Gasteiger partial charge in [0.2, 0.25) is 0 Å².